The highest BCUT2D eigenvalue weighted by molar-refractivity contribution is 5.85. The molecule has 0 aliphatic carbocycles. The maximum atomic E-state index is 13.1. The normalized spacial score (nSPS) is 10.6. The van der Waals surface area contributed by atoms with Gasteiger partial charge < -0.3 is 5.32 Å². The van der Waals surface area contributed by atoms with Crippen LogP contribution >= 0.6 is 12.4 Å². The summed E-state index contributed by atoms with van der Waals surface area (Å²) in [6.45, 7) is 7.44. The molecule has 2 rings (SSSR count). The lowest BCUT2D eigenvalue weighted by Crippen LogP contribution is -2.08. The zero-order chi connectivity index (χ0) is 14.7. The third kappa shape index (κ3) is 5.01. The molecule has 0 aliphatic rings. The van der Waals surface area contributed by atoms with Crippen LogP contribution in [-0.2, 0) is 13.1 Å². The van der Waals surface area contributed by atoms with Crippen LogP contribution in [0.1, 0.15) is 25.1 Å². The largest absolute Gasteiger partial charge is 0.365 e. The van der Waals surface area contributed by atoms with Crippen LogP contribution in [0.25, 0.3) is 0 Å². The Morgan fingerprint density at radius 3 is 2.33 bits per heavy atom. The van der Waals surface area contributed by atoms with E-state index in [1.54, 1.807) is 0 Å². The zero-order valence-electron chi connectivity index (χ0n) is 12.4. The first-order valence-corrected chi connectivity index (χ1v) is 6.67. The van der Waals surface area contributed by atoms with Crippen molar-refractivity contribution in [3.05, 3.63) is 47.2 Å². The second kappa shape index (κ2) is 7.41. The Morgan fingerprint density at radius 1 is 1.14 bits per heavy atom. The van der Waals surface area contributed by atoms with Gasteiger partial charge in [0.2, 0.25) is 0 Å². The van der Waals surface area contributed by atoms with Crippen LogP contribution in [-0.4, -0.2) is 9.78 Å². The quantitative estimate of drug-likeness (QED) is 0.898. The highest BCUT2D eigenvalue weighted by Crippen LogP contribution is 2.13. The Bertz CT molecular complexity index is 576. The number of aromatic nitrogens is 2. The molecule has 0 unspecified atom stereocenters. The van der Waals surface area contributed by atoms with Gasteiger partial charge in [0.25, 0.3) is 0 Å². The summed E-state index contributed by atoms with van der Waals surface area (Å²) in [4.78, 5) is 0. The van der Waals surface area contributed by atoms with Crippen molar-refractivity contribution < 1.29 is 8.78 Å². The summed E-state index contributed by atoms with van der Waals surface area (Å²) < 4.78 is 28.1. The van der Waals surface area contributed by atoms with E-state index in [0.717, 1.165) is 18.3 Å². The lowest BCUT2D eigenvalue weighted by molar-refractivity contribution is 0.475. The first kappa shape index (κ1) is 17.4. The van der Waals surface area contributed by atoms with Gasteiger partial charge in [-0.2, -0.15) is 5.10 Å². The molecule has 0 fully saturated rings. The van der Waals surface area contributed by atoms with Crippen molar-refractivity contribution >= 4 is 18.2 Å². The molecule has 1 heterocycles. The van der Waals surface area contributed by atoms with Gasteiger partial charge in [0.15, 0.2) is 0 Å². The lowest BCUT2D eigenvalue weighted by atomic mass is 10.2. The first-order valence-electron chi connectivity index (χ1n) is 6.67. The minimum atomic E-state index is -0.566. The molecule has 1 N–H and O–H groups in total. The van der Waals surface area contributed by atoms with Gasteiger partial charge in [0.05, 0.1) is 0 Å². The highest BCUT2D eigenvalue weighted by Gasteiger charge is 2.06. The topological polar surface area (TPSA) is 29.9 Å². The molecular formula is C15H20ClF2N3. The van der Waals surface area contributed by atoms with E-state index in [0.29, 0.717) is 23.8 Å². The van der Waals surface area contributed by atoms with Crippen molar-refractivity contribution in [1.29, 1.82) is 0 Å². The molecule has 116 valence electrons. The standard InChI is InChI=1S/C15H19F2N3.ClH/c1-10(2)9-20-11(3)4-15(19-20)18-8-12-5-13(16)7-14(17)6-12;/h4-7,10H,8-9H2,1-3H3,(H,18,19);1H. The molecule has 3 nitrogen and oxygen atoms in total. The van der Waals surface area contributed by atoms with E-state index in [-0.39, 0.29) is 12.4 Å². The van der Waals surface area contributed by atoms with Crippen LogP contribution in [0.15, 0.2) is 24.3 Å². The number of nitrogens with zero attached hydrogens (tertiary/aromatic N) is 2. The molecule has 0 atom stereocenters. The van der Waals surface area contributed by atoms with E-state index in [2.05, 4.69) is 24.3 Å². The van der Waals surface area contributed by atoms with Gasteiger partial charge in [-0.3, -0.25) is 4.68 Å². The molecule has 2 aromatic rings. The number of hydrogen-bond acceptors (Lipinski definition) is 2. The van der Waals surface area contributed by atoms with E-state index in [4.69, 9.17) is 0 Å². The minimum absolute atomic E-state index is 0. The number of halogens is 3. The summed E-state index contributed by atoms with van der Waals surface area (Å²) >= 11 is 0. The Kier molecular flexibility index (Phi) is 6.15. The second-order valence-corrected chi connectivity index (χ2v) is 5.38. The van der Waals surface area contributed by atoms with Gasteiger partial charge >= 0.3 is 0 Å². The molecule has 0 saturated heterocycles. The first-order chi connectivity index (χ1) is 9.44. The average molecular weight is 316 g/mol. The van der Waals surface area contributed by atoms with E-state index >= 15 is 0 Å². The average Bonchev–Trinajstić information content (AvgIpc) is 2.65. The number of rotatable bonds is 5. The summed E-state index contributed by atoms with van der Waals surface area (Å²) in [6.07, 6.45) is 0. The van der Waals surface area contributed by atoms with Gasteiger partial charge in [-0.25, -0.2) is 8.78 Å². The van der Waals surface area contributed by atoms with Gasteiger partial charge in [0, 0.05) is 30.9 Å². The van der Waals surface area contributed by atoms with Crippen LogP contribution < -0.4 is 5.32 Å². The van der Waals surface area contributed by atoms with E-state index in [9.17, 15) is 8.78 Å². The molecule has 1 aromatic heterocycles. The van der Waals surface area contributed by atoms with Crippen LogP contribution in [0.5, 0.6) is 0 Å². The van der Waals surface area contributed by atoms with Crippen LogP contribution in [0, 0.1) is 24.5 Å². The fourth-order valence-electron chi connectivity index (χ4n) is 2.03. The molecule has 1 aromatic carbocycles. The van der Waals surface area contributed by atoms with Crippen molar-refractivity contribution in [3.63, 3.8) is 0 Å². The third-order valence-electron chi connectivity index (χ3n) is 2.92. The number of aryl methyl sites for hydroxylation is 1. The zero-order valence-corrected chi connectivity index (χ0v) is 13.2. The summed E-state index contributed by atoms with van der Waals surface area (Å²) in [5.74, 6) is 0.0956. The lowest BCUT2D eigenvalue weighted by Gasteiger charge is -2.07. The minimum Gasteiger partial charge on any atom is -0.365 e. The van der Waals surface area contributed by atoms with Crippen molar-refractivity contribution in [2.75, 3.05) is 5.32 Å². The van der Waals surface area contributed by atoms with Gasteiger partial charge in [0.1, 0.15) is 17.5 Å². The van der Waals surface area contributed by atoms with Crippen LogP contribution in [0.3, 0.4) is 0 Å². The van der Waals surface area contributed by atoms with Crippen molar-refractivity contribution in [1.82, 2.24) is 9.78 Å². The van der Waals surface area contributed by atoms with Crippen molar-refractivity contribution in [2.45, 2.75) is 33.9 Å². The molecule has 0 saturated carbocycles. The second-order valence-electron chi connectivity index (χ2n) is 5.38. The van der Waals surface area contributed by atoms with E-state index in [1.807, 2.05) is 17.7 Å². The summed E-state index contributed by atoms with van der Waals surface area (Å²) in [5.41, 5.74) is 1.62. The SMILES string of the molecule is Cc1cc(NCc2cc(F)cc(F)c2)nn1CC(C)C.Cl. The molecule has 0 radical (unpaired) electrons. The van der Waals surface area contributed by atoms with E-state index < -0.39 is 11.6 Å². The number of anilines is 1. The van der Waals surface area contributed by atoms with Crippen molar-refractivity contribution in [2.24, 2.45) is 5.92 Å². The maximum absolute atomic E-state index is 13.1. The molecule has 0 aliphatic heterocycles. The predicted octanol–water partition coefficient (Wildman–Crippen LogP) is 4.16. The van der Waals surface area contributed by atoms with Crippen LogP contribution in [0.4, 0.5) is 14.6 Å². The fraction of sp³-hybridized carbons (Fsp3) is 0.400. The molecule has 21 heavy (non-hydrogen) atoms. The summed E-state index contributed by atoms with van der Waals surface area (Å²) in [5, 5.41) is 7.51. The fourth-order valence-corrected chi connectivity index (χ4v) is 2.03. The predicted molar refractivity (Wildman–Crippen MR) is 82.7 cm³/mol. The van der Waals surface area contributed by atoms with Gasteiger partial charge in [-0.05, 0) is 30.5 Å². The third-order valence-corrected chi connectivity index (χ3v) is 2.92. The Labute approximate surface area is 129 Å². The smallest absolute Gasteiger partial charge is 0.148 e. The number of hydrogen-bond donors (Lipinski definition) is 1. The number of benzene rings is 1. The van der Waals surface area contributed by atoms with Crippen molar-refractivity contribution in [3.8, 4) is 0 Å². The molecule has 0 amide bonds. The summed E-state index contributed by atoms with van der Waals surface area (Å²) in [6, 6.07) is 5.42. The Hall–Kier alpha value is -1.62. The van der Waals surface area contributed by atoms with Gasteiger partial charge in [-0.1, -0.05) is 13.8 Å². The molecule has 0 spiro atoms. The van der Waals surface area contributed by atoms with E-state index in [1.165, 1.54) is 12.1 Å². The molecule has 6 heteroatoms. The maximum Gasteiger partial charge on any atom is 0.148 e. The molecular weight excluding hydrogens is 296 g/mol. The molecule has 0 bridgehead atoms. The van der Waals surface area contributed by atoms with Gasteiger partial charge in [-0.15, -0.1) is 12.4 Å². The highest BCUT2D eigenvalue weighted by atomic mass is 35.5. The van der Waals surface area contributed by atoms with Crippen LogP contribution in [0.2, 0.25) is 0 Å². The monoisotopic (exact) mass is 315 g/mol. The Balaban J connectivity index is 0.00000220. The Morgan fingerprint density at radius 2 is 1.76 bits per heavy atom. The number of nitrogens with one attached hydrogen (secondary N) is 1. The summed E-state index contributed by atoms with van der Waals surface area (Å²) in [7, 11) is 0.